The number of nitrogens with zero attached hydrogens (tertiary/aromatic N) is 1. The zero-order valence-corrected chi connectivity index (χ0v) is 8.40. The van der Waals surface area contributed by atoms with Crippen molar-refractivity contribution >= 4 is 5.57 Å². The van der Waals surface area contributed by atoms with E-state index in [1.165, 1.54) is 16.7 Å². The van der Waals surface area contributed by atoms with Crippen LogP contribution in [0.1, 0.15) is 23.4 Å². The number of aromatic amines is 1. The Morgan fingerprint density at radius 1 is 1.20 bits per heavy atom. The summed E-state index contributed by atoms with van der Waals surface area (Å²) in [5.41, 5.74) is 3.98. The number of H-pyrrole nitrogens is 1. The molecule has 0 radical (unpaired) electrons. The number of aryl methyl sites for hydroxylation is 1. The first-order valence-corrected chi connectivity index (χ1v) is 5.23. The van der Waals surface area contributed by atoms with Crippen molar-refractivity contribution < 1.29 is 0 Å². The van der Waals surface area contributed by atoms with Crippen LogP contribution in [0.2, 0.25) is 0 Å². The number of rotatable bonds is 1. The lowest BCUT2D eigenvalue weighted by Gasteiger charge is -2.15. The second-order valence-corrected chi connectivity index (χ2v) is 3.75. The Balaban J connectivity index is 2.15. The summed E-state index contributed by atoms with van der Waals surface area (Å²) in [6, 6.07) is 8.55. The Morgan fingerprint density at radius 2 is 2.13 bits per heavy atom. The minimum atomic E-state index is 0.974. The number of fused-ring (bicyclic) bond motifs is 1. The lowest BCUT2D eigenvalue weighted by Crippen LogP contribution is -2.01. The van der Waals surface area contributed by atoms with E-state index in [1.807, 2.05) is 6.20 Å². The van der Waals surface area contributed by atoms with Gasteiger partial charge in [-0.25, -0.2) is 4.98 Å². The first kappa shape index (κ1) is 8.48. The molecule has 2 nitrogen and oxygen atoms in total. The third-order valence-corrected chi connectivity index (χ3v) is 2.82. The fraction of sp³-hybridized carbons (Fsp3) is 0.154. The van der Waals surface area contributed by atoms with Crippen LogP contribution in [0.25, 0.3) is 5.57 Å². The zero-order valence-electron chi connectivity index (χ0n) is 8.40. The van der Waals surface area contributed by atoms with Crippen LogP contribution in [0.15, 0.2) is 42.7 Å². The Hall–Kier alpha value is -1.83. The van der Waals surface area contributed by atoms with Crippen molar-refractivity contribution in [2.75, 3.05) is 0 Å². The summed E-state index contributed by atoms with van der Waals surface area (Å²) >= 11 is 0. The van der Waals surface area contributed by atoms with Gasteiger partial charge in [0.15, 0.2) is 0 Å². The van der Waals surface area contributed by atoms with Gasteiger partial charge in [0.1, 0.15) is 5.82 Å². The largest absolute Gasteiger partial charge is 0.345 e. The van der Waals surface area contributed by atoms with Gasteiger partial charge in [-0.15, -0.1) is 0 Å². The molecule has 0 unspecified atom stereocenters. The molecule has 1 heterocycles. The topological polar surface area (TPSA) is 28.7 Å². The van der Waals surface area contributed by atoms with Crippen LogP contribution in [-0.4, -0.2) is 9.97 Å². The van der Waals surface area contributed by atoms with Crippen molar-refractivity contribution in [3.63, 3.8) is 0 Å². The molecule has 74 valence electrons. The minimum absolute atomic E-state index is 0.974. The molecule has 0 amide bonds. The number of hydrogen-bond acceptors (Lipinski definition) is 1. The maximum Gasteiger partial charge on any atom is 0.137 e. The lowest BCUT2D eigenvalue weighted by molar-refractivity contribution is 0.972. The molecule has 2 heteroatoms. The van der Waals surface area contributed by atoms with Crippen molar-refractivity contribution in [2.45, 2.75) is 12.8 Å². The summed E-state index contributed by atoms with van der Waals surface area (Å²) < 4.78 is 0. The van der Waals surface area contributed by atoms with Gasteiger partial charge in [0.05, 0.1) is 0 Å². The molecule has 0 bridgehead atoms. The molecule has 1 aliphatic carbocycles. The highest BCUT2D eigenvalue weighted by atomic mass is 14.9. The predicted molar refractivity (Wildman–Crippen MR) is 60.4 cm³/mol. The van der Waals surface area contributed by atoms with Gasteiger partial charge in [-0.3, -0.25) is 0 Å². The third kappa shape index (κ3) is 1.38. The number of imidazole rings is 1. The van der Waals surface area contributed by atoms with E-state index >= 15 is 0 Å². The molecular formula is C13H12N2. The molecule has 1 aromatic heterocycles. The molecule has 0 spiro atoms. The van der Waals surface area contributed by atoms with Crippen molar-refractivity contribution in [1.29, 1.82) is 0 Å². The van der Waals surface area contributed by atoms with E-state index in [-0.39, 0.29) is 0 Å². The average molecular weight is 196 g/mol. The maximum absolute atomic E-state index is 4.31. The molecule has 3 rings (SSSR count). The maximum atomic E-state index is 4.31. The van der Waals surface area contributed by atoms with Gasteiger partial charge < -0.3 is 4.98 Å². The van der Waals surface area contributed by atoms with Gasteiger partial charge in [0, 0.05) is 18.0 Å². The van der Waals surface area contributed by atoms with Crippen LogP contribution in [0.5, 0.6) is 0 Å². The van der Waals surface area contributed by atoms with Crippen LogP contribution in [0.4, 0.5) is 0 Å². The highest BCUT2D eigenvalue weighted by Crippen LogP contribution is 2.29. The van der Waals surface area contributed by atoms with Gasteiger partial charge in [0.25, 0.3) is 0 Å². The lowest BCUT2D eigenvalue weighted by atomic mass is 9.90. The fourth-order valence-corrected chi connectivity index (χ4v) is 2.12. The number of hydrogen-bond donors (Lipinski definition) is 1. The Morgan fingerprint density at radius 3 is 3.00 bits per heavy atom. The standard InChI is InChI=1S/C13H12N2/c1-2-6-11-10(4-1)5-3-7-12(11)13-14-8-9-15-13/h1-2,4,6-9H,3,5H2,(H,14,15). The quantitative estimate of drug-likeness (QED) is 0.746. The van der Waals surface area contributed by atoms with Crippen molar-refractivity contribution in [1.82, 2.24) is 9.97 Å². The van der Waals surface area contributed by atoms with Crippen LogP contribution >= 0.6 is 0 Å². The Kier molecular flexibility index (Phi) is 1.91. The van der Waals surface area contributed by atoms with Crippen LogP contribution < -0.4 is 0 Å². The van der Waals surface area contributed by atoms with E-state index in [0.29, 0.717) is 0 Å². The predicted octanol–water partition coefficient (Wildman–Crippen LogP) is 2.79. The average Bonchev–Trinajstić information content (AvgIpc) is 2.82. The summed E-state index contributed by atoms with van der Waals surface area (Å²) in [6.07, 6.45) is 8.18. The second kappa shape index (κ2) is 3.39. The molecule has 15 heavy (non-hydrogen) atoms. The normalized spacial score (nSPS) is 14.5. The molecule has 1 aromatic carbocycles. The van der Waals surface area contributed by atoms with E-state index < -0.39 is 0 Å². The summed E-state index contributed by atoms with van der Waals surface area (Å²) in [5.74, 6) is 0.974. The third-order valence-electron chi connectivity index (χ3n) is 2.82. The number of allylic oxidation sites excluding steroid dienone is 1. The van der Waals surface area contributed by atoms with Crippen LogP contribution in [0.3, 0.4) is 0 Å². The van der Waals surface area contributed by atoms with Gasteiger partial charge in [-0.2, -0.15) is 0 Å². The second-order valence-electron chi connectivity index (χ2n) is 3.75. The molecule has 0 atom stereocenters. The SMILES string of the molecule is C1=C(c2ncc[nH]2)c2ccccc2CC1. The smallest absolute Gasteiger partial charge is 0.137 e. The van der Waals surface area contributed by atoms with E-state index in [4.69, 9.17) is 0 Å². The molecule has 0 fully saturated rings. The van der Waals surface area contributed by atoms with Crippen LogP contribution in [-0.2, 0) is 6.42 Å². The summed E-state index contributed by atoms with van der Waals surface area (Å²) in [4.78, 5) is 7.48. The molecule has 1 N–H and O–H groups in total. The highest BCUT2D eigenvalue weighted by Gasteiger charge is 2.14. The summed E-state index contributed by atoms with van der Waals surface area (Å²) in [7, 11) is 0. The molecule has 0 aliphatic heterocycles. The molecule has 0 saturated carbocycles. The minimum Gasteiger partial charge on any atom is -0.345 e. The number of nitrogens with one attached hydrogen (secondary N) is 1. The van der Waals surface area contributed by atoms with Gasteiger partial charge >= 0.3 is 0 Å². The summed E-state index contributed by atoms with van der Waals surface area (Å²) in [6.45, 7) is 0. The number of aromatic nitrogens is 2. The molecule has 1 aliphatic rings. The van der Waals surface area contributed by atoms with E-state index in [0.717, 1.165) is 18.7 Å². The highest BCUT2D eigenvalue weighted by molar-refractivity contribution is 5.79. The fourth-order valence-electron chi connectivity index (χ4n) is 2.12. The Bertz CT molecular complexity index is 495. The summed E-state index contributed by atoms with van der Waals surface area (Å²) in [5, 5.41) is 0. The first-order chi connectivity index (χ1) is 7.45. The van der Waals surface area contributed by atoms with E-state index in [2.05, 4.69) is 40.3 Å². The molecular weight excluding hydrogens is 184 g/mol. The zero-order chi connectivity index (χ0) is 10.1. The van der Waals surface area contributed by atoms with Gasteiger partial charge in [-0.05, 0) is 24.0 Å². The van der Waals surface area contributed by atoms with Crippen molar-refractivity contribution in [2.24, 2.45) is 0 Å². The molecule has 2 aromatic rings. The Labute approximate surface area is 88.7 Å². The first-order valence-electron chi connectivity index (χ1n) is 5.23. The van der Waals surface area contributed by atoms with Crippen molar-refractivity contribution in [3.05, 3.63) is 59.7 Å². The number of benzene rings is 1. The van der Waals surface area contributed by atoms with Crippen LogP contribution in [0, 0.1) is 0 Å². The monoisotopic (exact) mass is 196 g/mol. The van der Waals surface area contributed by atoms with E-state index in [1.54, 1.807) is 6.20 Å². The van der Waals surface area contributed by atoms with Crippen molar-refractivity contribution in [3.8, 4) is 0 Å². The van der Waals surface area contributed by atoms with Gasteiger partial charge in [0.2, 0.25) is 0 Å². The van der Waals surface area contributed by atoms with E-state index in [9.17, 15) is 0 Å². The molecule has 0 saturated heterocycles. The van der Waals surface area contributed by atoms with Gasteiger partial charge in [-0.1, -0.05) is 30.3 Å².